The van der Waals surface area contributed by atoms with E-state index in [-0.39, 0.29) is 29.7 Å². The van der Waals surface area contributed by atoms with Gasteiger partial charge in [-0.05, 0) is 32.4 Å². The Morgan fingerprint density at radius 2 is 1.90 bits per heavy atom. The molecular formula is C22H29N5O2. The largest absolute Gasteiger partial charge is 0.340 e. The van der Waals surface area contributed by atoms with Gasteiger partial charge in [0.05, 0.1) is 17.7 Å². The summed E-state index contributed by atoms with van der Waals surface area (Å²) in [6.07, 6.45) is 4.27. The molecule has 1 atom stereocenters. The SMILES string of the molecule is CC(C)(C)n1cc(CN2CCN(C(=O)CC3C(=O)Nc4ccccc43)CC2)cn1. The van der Waals surface area contributed by atoms with E-state index in [1.54, 1.807) is 0 Å². The molecule has 154 valence electrons. The molecule has 1 N–H and O–H groups in total. The van der Waals surface area contributed by atoms with Crippen LogP contribution < -0.4 is 5.32 Å². The van der Waals surface area contributed by atoms with Crippen molar-refractivity contribution in [2.45, 2.75) is 45.2 Å². The molecule has 2 aliphatic rings. The second-order valence-electron chi connectivity index (χ2n) is 8.95. The number of para-hydroxylation sites is 1. The number of piperazine rings is 1. The summed E-state index contributed by atoms with van der Waals surface area (Å²) in [6, 6.07) is 7.63. The van der Waals surface area contributed by atoms with E-state index in [4.69, 9.17) is 0 Å². The number of rotatable bonds is 4. The highest BCUT2D eigenvalue weighted by Gasteiger charge is 2.33. The zero-order valence-corrected chi connectivity index (χ0v) is 17.4. The van der Waals surface area contributed by atoms with Crippen molar-refractivity contribution in [2.75, 3.05) is 31.5 Å². The first-order chi connectivity index (χ1) is 13.8. The summed E-state index contributed by atoms with van der Waals surface area (Å²) in [5, 5.41) is 7.34. The lowest BCUT2D eigenvalue weighted by molar-refractivity contribution is -0.135. The molecule has 0 saturated carbocycles. The molecule has 1 saturated heterocycles. The molecule has 1 aromatic heterocycles. The average molecular weight is 396 g/mol. The number of aromatic nitrogens is 2. The van der Waals surface area contributed by atoms with Gasteiger partial charge in [0.2, 0.25) is 11.8 Å². The summed E-state index contributed by atoms with van der Waals surface area (Å²) in [6.45, 7) is 10.3. The minimum absolute atomic E-state index is 0.0193. The van der Waals surface area contributed by atoms with Crippen LogP contribution in [-0.4, -0.2) is 57.6 Å². The lowest BCUT2D eigenvalue weighted by Gasteiger charge is -2.35. The van der Waals surface area contributed by atoms with E-state index in [1.165, 1.54) is 5.56 Å². The average Bonchev–Trinajstić information content (AvgIpc) is 3.27. The van der Waals surface area contributed by atoms with E-state index in [0.29, 0.717) is 13.1 Å². The van der Waals surface area contributed by atoms with Gasteiger partial charge in [-0.2, -0.15) is 5.10 Å². The van der Waals surface area contributed by atoms with Crippen LogP contribution in [0.15, 0.2) is 36.7 Å². The normalized spacial score (nSPS) is 19.9. The van der Waals surface area contributed by atoms with Crippen molar-refractivity contribution in [2.24, 2.45) is 0 Å². The molecule has 1 fully saturated rings. The number of hydrogen-bond acceptors (Lipinski definition) is 4. The van der Waals surface area contributed by atoms with Crippen molar-refractivity contribution < 1.29 is 9.59 Å². The first-order valence-corrected chi connectivity index (χ1v) is 10.3. The van der Waals surface area contributed by atoms with Crippen LogP contribution in [0.4, 0.5) is 5.69 Å². The summed E-state index contributed by atoms with van der Waals surface area (Å²) in [4.78, 5) is 29.3. The number of nitrogens with zero attached hydrogens (tertiary/aromatic N) is 4. The molecular weight excluding hydrogens is 366 g/mol. The highest BCUT2D eigenvalue weighted by molar-refractivity contribution is 6.04. The Kier molecular flexibility index (Phi) is 5.17. The molecule has 0 spiro atoms. The van der Waals surface area contributed by atoms with Crippen LogP contribution in [-0.2, 0) is 21.7 Å². The molecule has 1 aromatic carbocycles. The van der Waals surface area contributed by atoms with Gasteiger partial charge in [0.25, 0.3) is 0 Å². The fourth-order valence-corrected chi connectivity index (χ4v) is 4.00. The van der Waals surface area contributed by atoms with Crippen molar-refractivity contribution in [1.29, 1.82) is 0 Å². The maximum atomic E-state index is 12.8. The predicted molar refractivity (Wildman–Crippen MR) is 112 cm³/mol. The second kappa shape index (κ2) is 7.63. The number of carbonyl (C=O) groups is 2. The molecule has 29 heavy (non-hydrogen) atoms. The van der Waals surface area contributed by atoms with Gasteiger partial charge < -0.3 is 10.2 Å². The predicted octanol–water partition coefficient (Wildman–Crippen LogP) is 2.41. The van der Waals surface area contributed by atoms with Crippen LogP contribution >= 0.6 is 0 Å². The van der Waals surface area contributed by atoms with Crippen molar-refractivity contribution in [1.82, 2.24) is 19.6 Å². The van der Waals surface area contributed by atoms with Crippen molar-refractivity contribution in [3.05, 3.63) is 47.8 Å². The van der Waals surface area contributed by atoms with E-state index < -0.39 is 0 Å². The van der Waals surface area contributed by atoms with Gasteiger partial charge in [0, 0.05) is 56.6 Å². The van der Waals surface area contributed by atoms with E-state index >= 15 is 0 Å². The molecule has 1 unspecified atom stereocenters. The second-order valence-corrected chi connectivity index (χ2v) is 8.95. The van der Waals surface area contributed by atoms with Gasteiger partial charge in [-0.15, -0.1) is 0 Å². The fraction of sp³-hybridized carbons (Fsp3) is 0.500. The Labute approximate surface area is 171 Å². The lowest BCUT2D eigenvalue weighted by atomic mass is 9.96. The number of fused-ring (bicyclic) bond motifs is 1. The monoisotopic (exact) mass is 395 g/mol. The van der Waals surface area contributed by atoms with Gasteiger partial charge in [0.1, 0.15) is 0 Å². The molecule has 2 aliphatic heterocycles. The van der Waals surface area contributed by atoms with Gasteiger partial charge in [0.15, 0.2) is 0 Å². The molecule has 2 aromatic rings. The zero-order valence-electron chi connectivity index (χ0n) is 17.4. The van der Waals surface area contributed by atoms with Gasteiger partial charge in [-0.25, -0.2) is 0 Å². The van der Waals surface area contributed by atoms with E-state index in [9.17, 15) is 9.59 Å². The van der Waals surface area contributed by atoms with Gasteiger partial charge >= 0.3 is 0 Å². The Morgan fingerprint density at radius 3 is 2.59 bits per heavy atom. The molecule has 0 bridgehead atoms. The number of nitrogens with one attached hydrogen (secondary N) is 1. The number of carbonyl (C=O) groups excluding carboxylic acids is 2. The van der Waals surface area contributed by atoms with Crippen molar-refractivity contribution in [3.63, 3.8) is 0 Å². The number of anilines is 1. The topological polar surface area (TPSA) is 70.5 Å². The van der Waals surface area contributed by atoms with Crippen LogP contribution in [0.2, 0.25) is 0 Å². The minimum Gasteiger partial charge on any atom is -0.340 e. The third-order valence-electron chi connectivity index (χ3n) is 5.74. The van der Waals surface area contributed by atoms with E-state index in [2.05, 4.69) is 42.3 Å². The van der Waals surface area contributed by atoms with Crippen LogP contribution in [0.5, 0.6) is 0 Å². The van der Waals surface area contributed by atoms with Crippen molar-refractivity contribution >= 4 is 17.5 Å². The zero-order chi connectivity index (χ0) is 20.6. The number of amides is 2. The summed E-state index contributed by atoms with van der Waals surface area (Å²) in [5.41, 5.74) is 2.93. The molecule has 7 nitrogen and oxygen atoms in total. The number of hydrogen-bond donors (Lipinski definition) is 1. The Morgan fingerprint density at radius 1 is 1.17 bits per heavy atom. The van der Waals surface area contributed by atoms with Gasteiger partial charge in [-0.1, -0.05) is 18.2 Å². The lowest BCUT2D eigenvalue weighted by Crippen LogP contribution is -2.48. The van der Waals surface area contributed by atoms with Crippen LogP contribution in [0.1, 0.15) is 44.2 Å². The third-order valence-corrected chi connectivity index (χ3v) is 5.74. The highest BCUT2D eigenvalue weighted by atomic mass is 16.2. The quantitative estimate of drug-likeness (QED) is 0.863. The number of benzene rings is 1. The standard InChI is InChI=1S/C22H29N5O2/c1-22(2,3)27-15-16(13-23-27)14-25-8-10-26(11-9-25)20(28)12-18-17-6-4-5-7-19(17)24-21(18)29/h4-7,13,15,18H,8-12,14H2,1-3H3,(H,24,29). The summed E-state index contributed by atoms with van der Waals surface area (Å²) < 4.78 is 1.99. The Bertz CT molecular complexity index is 906. The molecule has 3 heterocycles. The van der Waals surface area contributed by atoms with Crippen molar-refractivity contribution in [3.8, 4) is 0 Å². The van der Waals surface area contributed by atoms with Gasteiger partial charge in [-0.3, -0.25) is 19.2 Å². The molecule has 4 rings (SSSR count). The molecule has 0 aliphatic carbocycles. The van der Waals surface area contributed by atoms with Crippen LogP contribution in [0.25, 0.3) is 0 Å². The maximum absolute atomic E-state index is 12.8. The van der Waals surface area contributed by atoms with Crippen LogP contribution in [0, 0.1) is 0 Å². The summed E-state index contributed by atoms with van der Waals surface area (Å²) >= 11 is 0. The Hall–Kier alpha value is -2.67. The minimum atomic E-state index is -0.375. The molecule has 2 amide bonds. The first-order valence-electron chi connectivity index (χ1n) is 10.3. The van der Waals surface area contributed by atoms with Crippen LogP contribution in [0.3, 0.4) is 0 Å². The first kappa shape index (κ1) is 19.6. The fourth-order valence-electron chi connectivity index (χ4n) is 4.00. The maximum Gasteiger partial charge on any atom is 0.232 e. The van der Waals surface area contributed by atoms with E-state index in [0.717, 1.165) is 30.9 Å². The molecule has 7 heteroatoms. The molecule has 0 radical (unpaired) electrons. The summed E-state index contributed by atoms with van der Waals surface area (Å²) in [7, 11) is 0. The third kappa shape index (κ3) is 4.19. The smallest absolute Gasteiger partial charge is 0.232 e. The summed E-state index contributed by atoms with van der Waals surface area (Å²) in [5.74, 6) is -0.393. The highest BCUT2D eigenvalue weighted by Crippen LogP contribution is 2.34. The Balaban J connectivity index is 1.30. The van der Waals surface area contributed by atoms with E-state index in [1.807, 2.05) is 40.0 Å².